The lowest BCUT2D eigenvalue weighted by Crippen LogP contribution is -2.32. The summed E-state index contributed by atoms with van der Waals surface area (Å²) in [7, 11) is 0. The van der Waals surface area contributed by atoms with Crippen molar-refractivity contribution >= 4 is 38.4 Å². The van der Waals surface area contributed by atoms with E-state index in [1.165, 1.54) is 29.7 Å². The van der Waals surface area contributed by atoms with Gasteiger partial charge < -0.3 is 0 Å². The second kappa shape index (κ2) is 9.36. The Morgan fingerprint density at radius 3 is 2.73 bits per heavy atom. The molecule has 2 amide bonds. The SMILES string of the molecule is C/C(=N\NC(=O)Nc1nc2ccc(CN3CCC(C)CC3)cc2s1)c1ccccc1. The van der Waals surface area contributed by atoms with Crippen LogP contribution in [0.5, 0.6) is 0 Å². The molecule has 0 atom stereocenters. The molecule has 1 aliphatic rings. The fourth-order valence-electron chi connectivity index (χ4n) is 3.60. The number of hydrogen-bond acceptors (Lipinski definition) is 5. The van der Waals surface area contributed by atoms with Crippen LogP contribution >= 0.6 is 11.3 Å². The maximum atomic E-state index is 12.2. The zero-order valence-electron chi connectivity index (χ0n) is 17.4. The fourth-order valence-corrected chi connectivity index (χ4v) is 4.53. The number of fused-ring (bicyclic) bond motifs is 1. The number of hydrazone groups is 1. The van der Waals surface area contributed by atoms with Crippen LogP contribution < -0.4 is 10.7 Å². The van der Waals surface area contributed by atoms with E-state index in [9.17, 15) is 4.79 Å². The van der Waals surface area contributed by atoms with Crippen LogP contribution in [0.15, 0.2) is 53.6 Å². The van der Waals surface area contributed by atoms with E-state index in [0.717, 1.165) is 47.0 Å². The van der Waals surface area contributed by atoms with Gasteiger partial charge in [-0.1, -0.05) is 54.7 Å². The van der Waals surface area contributed by atoms with Gasteiger partial charge in [-0.2, -0.15) is 5.10 Å². The number of hydrogen-bond donors (Lipinski definition) is 2. The van der Waals surface area contributed by atoms with Crippen molar-refractivity contribution in [2.24, 2.45) is 11.0 Å². The number of nitrogens with zero attached hydrogens (tertiary/aromatic N) is 3. The zero-order valence-corrected chi connectivity index (χ0v) is 18.2. The number of anilines is 1. The van der Waals surface area contributed by atoms with E-state index in [1.54, 1.807) is 0 Å². The molecule has 2 aromatic carbocycles. The van der Waals surface area contributed by atoms with Crippen molar-refractivity contribution in [2.45, 2.75) is 33.2 Å². The van der Waals surface area contributed by atoms with E-state index in [4.69, 9.17) is 0 Å². The summed E-state index contributed by atoms with van der Waals surface area (Å²) < 4.78 is 1.08. The van der Waals surface area contributed by atoms with E-state index >= 15 is 0 Å². The Bertz CT molecular complexity index is 1040. The summed E-state index contributed by atoms with van der Waals surface area (Å²) in [6.07, 6.45) is 2.55. The molecule has 3 aromatic rings. The minimum absolute atomic E-state index is 0.396. The largest absolute Gasteiger partial charge is 0.341 e. The Labute approximate surface area is 181 Å². The van der Waals surface area contributed by atoms with E-state index < -0.39 is 6.03 Å². The van der Waals surface area contributed by atoms with Gasteiger partial charge in [-0.25, -0.2) is 15.2 Å². The van der Waals surface area contributed by atoms with Gasteiger partial charge in [-0.05, 0) is 62.0 Å². The Hall–Kier alpha value is -2.77. The zero-order chi connectivity index (χ0) is 20.9. The molecule has 1 aromatic heterocycles. The van der Waals surface area contributed by atoms with Crippen molar-refractivity contribution in [3.8, 4) is 0 Å². The number of benzene rings is 2. The van der Waals surface area contributed by atoms with Crippen molar-refractivity contribution in [2.75, 3.05) is 18.4 Å². The molecular formula is C23H27N5OS. The summed E-state index contributed by atoms with van der Waals surface area (Å²) in [5, 5.41) is 7.51. The van der Waals surface area contributed by atoms with E-state index in [-0.39, 0.29) is 0 Å². The molecule has 7 heteroatoms. The number of carbonyl (C=O) groups excluding carboxylic acids is 1. The van der Waals surface area contributed by atoms with Crippen LogP contribution in [0, 0.1) is 5.92 Å². The maximum absolute atomic E-state index is 12.2. The van der Waals surface area contributed by atoms with Crippen molar-refractivity contribution in [1.29, 1.82) is 0 Å². The standard InChI is InChI=1S/C23H27N5OS/c1-16-10-12-28(13-11-16)15-18-8-9-20-21(14-18)30-23(24-20)25-22(29)27-26-17(2)19-6-4-3-5-7-19/h3-9,14,16H,10-13,15H2,1-2H3,(H2,24,25,27,29)/b26-17+. The third-order valence-electron chi connectivity index (χ3n) is 5.47. The number of carbonyl (C=O) groups is 1. The monoisotopic (exact) mass is 421 g/mol. The minimum Gasteiger partial charge on any atom is -0.299 e. The first-order valence-electron chi connectivity index (χ1n) is 10.4. The Balaban J connectivity index is 1.37. The highest BCUT2D eigenvalue weighted by Gasteiger charge is 2.16. The average molecular weight is 422 g/mol. The molecule has 1 saturated heterocycles. The Kier molecular flexibility index (Phi) is 6.40. The van der Waals surface area contributed by atoms with Gasteiger partial charge in [0.2, 0.25) is 0 Å². The van der Waals surface area contributed by atoms with Crippen molar-refractivity contribution in [3.63, 3.8) is 0 Å². The molecule has 0 spiro atoms. The average Bonchev–Trinajstić information content (AvgIpc) is 3.15. The molecule has 156 valence electrons. The van der Waals surface area contributed by atoms with E-state index in [0.29, 0.717) is 5.13 Å². The predicted octanol–water partition coefficient (Wildman–Crippen LogP) is 5.07. The molecule has 4 rings (SSSR count). The second-order valence-electron chi connectivity index (χ2n) is 7.91. The summed E-state index contributed by atoms with van der Waals surface area (Å²) >= 11 is 1.48. The molecule has 6 nitrogen and oxygen atoms in total. The van der Waals surface area contributed by atoms with Gasteiger partial charge in [0.25, 0.3) is 0 Å². The highest BCUT2D eigenvalue weighted by Crippen LogP contribution is 2.28. The van der Waals surface area contributed by atoms with Crippen molar-refractivity contribution in [3.05, 3.63) is 59.7 Å². The van der Waals surface area contributed by atoms with Gasteiger partial charge in [0, 0.05) is 6.54 Å². The number of amides is 2. The summed E-state index contributed by atoms with van der Waals surface area (Å²) in [5.41, 5.74) is 6.44. The third kappa shape index (κ3) is 5.23. The maximum Gasteiger partial charge on any atom is 0.341 e. The second-order valence-corrected chi connectivity index (χ2v) is 8.94. The van der Waals surface area contributed by atoms with Crippen molar-refractivity contribution < 1.29 is 4.79 Å². The van der Waals surface area contributed by atoms with Crippen LogP contribution in [-0.4, -0.2) is 34.7 Å². The molecule has 2 heterocycles. The highest BCUT2D eigenvalue weighted by atomic mass is 32.1. The Morgan fingerprint density at radius 1 is 1.20 bits per heavy atom. The van der Waals surface area contributed by atoms with Crippen LogP contribution in [0.3, 0.4) is 0 Å². The van der Waals surface area contributed by atoms with Gasteiger partial charge in [-0.15, -0.1) is 0 Å². The van der Waals surface area contributed by atoms with Gasteiger partial charge in [0.05, 0.1) is 15.9 Å². The number of aromatic nitrogens is 1. The number of thiazole rings is 1. The first-order valence-corrected chi connectivity index (χ1v) is 11.2. The van der Waals surface area contributed by atoms with Crippen LogP contribution in [0.25, 0.3) is 10.2 Å². The van der Waals surface area contributed by atoms with Gasteiger partial charge in [0.15, 0.2) is 5.13 Å². The topological polar surface area (TPSA) is 69.6 Å². The lowest BCUT2D eigenvalue weighted by Gasteiger charge is -2.30. The smallest absolute Gasteiger partial charge is 0.299 e. The number of likely N-dealkylation sites (tertiary alicyclic amines) is 1. The molecule has 0 unspecified atom stereocenters. The lowest BCUT2D eigenvalue weighted by atomic mass is 9.99. The minimum atomic E-state index is -0.396. The number of urea groups is 1. The van der Waals surface area contributed by atoms with Gasteiger partial charge in [0.1, 0.15) is 0 Å². The normalized spacial score (nSPS) is 16.0. The number of rotatable bonds is 5. The summed E-state index contributed by atoms with van der Waals surface area (Å²) in [6.45, 7) is 7.49. The number of piperidine rings is 1. The Morgan fingerprint density at radius 2 is 1.97 bits per heavy atom. The van der Waals surface area contributed by atoms with E-state index in [1.807, 2.05) is 43.3 Å². The number of nitrogens with one attached hydrogen (secondary N) is 2. The van der Waals surface area contributed by atoms with Crippen molar-refractivity contribution in [1.82, 2.24) is 15.3 Å². The quantitative estimate of drug-likeness (QED) is 0.446. The molecule has 1 fully saturated rings. The predicted molar refractivity (Wildman–Crippen MR) is 124 cm³/mol. The molecule has 0 bridgehead atoms. The van der Waals surface area contributed by atoms with Crippen LogP contribution in [0.1, 0.15) is 37.8 Å². The van der Waals surface area contributed by atoms with E-state index in [2.05, 4.69) is 44.8 Å². The third-order valence-corrected chi connectivity index (χ3v) is 6.41. The molecule has 1 aliphatic heterocycles. The summed E-state index contributed by atoms with van der Waals surface area (Å²) in [4.78, 5) is 19.2. The summed E-state index contributed by atoms with van der Waals surface area (Å²) in [5.74, 6) is 0.839. The molecule has 0 radical (unpaired) electrons. The first-order chi connectivity index (χ1) is 14.6. The van der Waals surface area contributed by atoms with Crippen LogP contribution in [0.2, 0.25) is 0 Å². The molecule has 0 saturated carbocycles. The van der Waals surface area contributed by atoms with Gasteiger partial charge >= 0.3 is 6.03 Å². The highest BCUT2D eigenvalue weighted by molar-refractivity contribution is 7.22. The molecule has 2 N–H and O–H groups in total. The summed E-state index contributed by atoms with van der Waals surface area (Å²) in [6, 6.07) is 15.7. The molecule has 30 heavy (non-hydrogen) atoms. The van der Waals surface area contributed by atoms with Gasteiger partial charge in [-0.3, -0.25) is 10.2 Å². The molecular weight excluding hydrogens is 394 g/mol. The first kappa shape index (κ1) is 20.5. The van der Waals surface area contributed by atoms with Crippen LogP contribution in [-0.2, 0) is 6.54 Å². The fraction of sp³-hybridized carbons (Fsp3) is 0.348. The van der Waals surface area contributed by atoms with Crippen LogP contribution in [0.4, 0.5) is 9.93 Å². The lowest BCUT2D eigenvalue weighted by molar-refractivity contribution is 0.185. The molecule has 0 aliphatic carbocycles.